The molecule has 0 spiro atoms. The number of nitriles is 1. The summed E-state index contributed by atoms with van der Waals surface area (Å²) in [6, 6.07) is 10.8. The predicted octanol–water partition coefficient (Wildman–Crippen LogP) is 4.37. The summed E-state index contributed by atoms with van der Waals surface area (Å²) in [4.78, 5) is 12.0. The second-order valence-corrected chi connectivity index (χ2v) is 5.12. The lowest BCUT2D eigenvalue weighted by atomic mass is 10.1. The van der Waals surface area contributed by atoms with Crippen LogP contribution in [0.5, 0.6) is 0 Å². The Kier molecular flexibility index (Phi) is 4.38. The van der Waals surface area contributed by atoms with Gasteiger partial charge in [-0.1, -0.05) is 17.7 Å². The Bertz CT molecular complexity index is 728. The van der Waals surface area contributed by atoms with Crippen molar-refractivity contribution in [2.75, 3.05) is 5.32 Å². The predicted molar refractivity (Wildman–Crippen MR) is 78.2 cm³/mol. The molecule has 20 heavy (non-hydrogen) atoms. The Morgan fingerprint density at radius 2 is 2.10 bits per heavy atom. The lowest BCUT2D eigenvalue weighted by Gasteiger charge is -2.08. The number of hydrogen-bond donors (Lipinski definition) is 1. The van der Waals surface area contributed by atoms with Crippen molar-refractivity contribution in [3.63, 3.8) is 0 Å². The molecular weight excluding hydrogens is 347 g/mol. The quantitative estimate of drug-likeness (QED) is 0.872. The van der Waals surface area contributed by atoms with E-state index in [4.69, 9.17) is 16.9 Å². The summed E-state index contributed by atoms with van der Waals surface area (Å²) in [6.45, 7) is 0. The topological polar surface area (TPSA) is 52.9 Å². The van der Waals surface area contributed by atoms with E-state index in [1.165, 1.54) is 30.3 Å². The van der Waals surface area contributed by atoms with Crippen LogP contribution >= 0.6 is 27.5 Å². The van der Waals surface area contributed by atoms with Crippen molar-refractivity contribution in [1.82, 2.24) is 0 Å². The van der Waals surface area contributed by atoms with Gasteiger partial charge in [0.15, 0.2) is 0 Å². The van der Waals surface area contributed by atoms with Crippen molar-refractivity contribution in [2.24, 2.45) is 0 Å². The summed E-state index contributed by atoms with van der Waals surface area (Å²) >= 11 is 8.94. The van der Waals surface area contributed by atoms with Crippen LogP contribution in [-0.2, 0) is 0 Å². The van der Waals surface area contributed by atoms with Gasteiger partial charge in [0.2, 0.25) is 0 Å². The molecule has 0 aromatic heterocycles. The molecular formula is C14H7BrClFN2O. The lowest BCUT2D eigenvalue weighted by molar-refractivity contribution is 0.102. The number of nitrogens with zero attached hydrogens (tertiary/aromatic N) is 1. The van der Waals surface area contributed by atoms with Crippen molar-refractivity contribution in [1.29, 1.82) is 5.26 Å². The standard InChI is InChI=1S/C14H7BrClFN2O/c15-10-3-1-2-9(13(10)17)14(20)19-12-6-8(7-18)4-5-11(12)16/h1-6H,(H,19,20). The average molecular weight is 354 g/mol. The molecule has 0 saturated carbocycles. The van der Waals surface area contributed by atoms with E-state index in [0.717, 1.165) is 0 Å². The van der Waals surface area contributed by atoms with Gasteiger partial charge in [0.25, 0.3) is 5.91 Å². The number of anilines is 1. The first kappa shape index (κ1) is 14.5. The molecule has 100 valence electrons. The molecule has 2 aromatic rings. The van der Waals surface area contributed by atoms with Crippen LogP contribution in [0, 0.1) is 17.1 Å². The third-order valence-corrected chi connectivity index (χ3v) is 3.48. The maximum Gasteiger partial charge on any atom is 0.258 e. The first-order valence-corrected chi connectivity index (χ1v) is 6.65. The van der Waals surface area contributed by atoms with Crippen LogP contribution in [0.1, 0.15) is 15.9 Å². The number of amides is 1. The van der Waals surface area contributed by atoms with Gasteiger partial charge in [-0.3, -0.25) is 4.79 Å². The molecule has 0 unspecified atom stereocenters. The molecule has 0 radical (unpaired) electrons. The minimum atomic E-state index is -0.655. The number of carbonyl (C=O) groups excluding carboxylic acids is 1. The summed E-state index contributed by atoms with van der Waals surface area (Å²) in [7, 11) is 0. The number of hydrogen-bond acceptors (Lipinski definition) is 2. The van der Waals surface area contributed by atoms with Crippen molar-refractivity contribution >= 4 is 39.1 Å². The second kappa shape index (κ2) is 6.04. The van der Waals surface area contributed by atoms with Gasteiger partial charge in [0, 0.05) is 0 Å². The van der Waals surface area contributed by atoms with Crippen molar-refractivity contribution < 1.29 is 9.18 Å². The van der Waals surface area contributed by atoms with E-state index in [1.54, 1.807) is 6.07 Å². The van der Waals surface area contributed by atoms with Crippen LogP contribution < -0.4 is 5.32 Å². The Balaban J connectivity index is 2.33. The maximum absolute atomic E-state index is 13.8. The fourth-order valence-corrected chi connectivity index (χ4v) is 2.09. The van der Waals surface area contributed by atoms with Crippen LogP contribution in [0.3, 0.4) is 0 Å². The van der Waals surface area contributed by atoms with Gasteiger partial charge >= 0.3 is 0 Å². The van der Waals surface area contributed by atoms with Crippen LogP contribution in [0.25, 0.3) is 0 Å². The Morgan fingerprint density at radius 3 is 2.80 bits per heavy atom. The monoisotopic (exact) mass is 352 g/mol. The zero-order valence-electron chi connectivity index (χ0n) is 9.95. The zero-order chi connectivity index (χ0) is 14.7. The van der Waals surface area contributed by atoms with Gasteiger partial charge in [-0.25, -0.2) is 4.39 Å². The molecule has 1 amide bonds. The highest BCUT2D eigenvalue weighted by atomic mass is 79.9. The third-order valence-electron chi connectivity index (χ3n) is 2.54. The van der Waals surface area contributed by atoms with Crippen LogP contribution in [-0.4, -0.2) is 5.91 Å². The highest BCUT2D eigenvalue weighted by molar-refractivity contribution is 9.10. The van der Waals surface area contributed by atoms with E-state index in [9.17, 15) is 9.18 Å². The summed E-state index contributed by atoms with van der Waals surface area (Å²) in [5, 5.41) is 11.6. The van der Waals surface area contributed by atoms with Crippen molar-refractivity contribution in [2.45, 2.75) is 0 Å². The van der Waals surface area contributed by atoms with Gasteiger partial charge in [0.05, 0.1) is 32.4 Å². The summed E-state index contributed by atoms with van der Waals surface area (Å²) in [6.07, 6.45) is 0. The van der Waals surface area contributed by atoms with E-state index in [-0.39, 0.29) is 20.7 Å². The second-order valence-electron chi connectivity index (χ2n) is 3.86. The first-order chi connectivity index (χ1) is 9.52. The number of rotatable bonds is 2. The normalized spacial score (nSPS) is 9.90. The molecule has 0 saturated heterocycles. The summed E-state index contributed by atoms with van der Waals surface area (Å²) < 4.78 is 14.0. The highest BCUT2D eigenvalue weighted by Gasteiger charge is 2.15. The van der Waals surface area contributed by atoms with Gasteiger partial charge in [0.1, 0.15) is 5.82 Å². The highest BCUT2D eigenvalue weighted by Crippen LogP contribution is 2.25. The van der Waals surface area contributed by atoms with Crippen LogP contribution in [0.4, 0.5) is 10.1 Å². The fraction of sp³-hybridized carbons (Fsp3) is 0. The Labute approximate surface area is 128 Å². The molecule has 0 aliphatic heterocycles. The fourth-order valence-electron chi connectivity index (χ4n) is 1.56. The number of carbonyl (C=O) groups is 1. The maximum atomic E-state index is 13.8. The van der Waals surface area contributed by atoms with Crippen molar-refractivity contribution in [3.8, 4) is 6.07 Å². The summed E-state index contributed by atoms with van der Waals surface area (Å²) in [5.41, 5.74) is 0.493. The van der Waals surface area contributed by atoms with E-state index in [2.05, 4.69) is 21.2 Å². The summed E-state index contributed by atoms with van der Waals surface area (Å²) in [5.74, 6) is -1.29. The molecule has 1 N–H and O–H groups in total. The van der Waals surface area contributed by atoms with E-state index in [0.29, 0.717) is 5.56 Å². The molecule has 0 bridgehead atoms. The first-order valence-electron chi connectivity index (χ1n) is 5.48. The Hall–Kier alpha value is -1.90. The Morgan fingerprint density at radius 1 is 1.35 bits per heavy atom. The molecule has 0 atom stereocenters. The van der Waals surface area contributed by atoms with Gasteiger partial charge in [-0.05, 0) is 46.3 Å². The van der Waals surface area contributed by atoms with E-state index < -0.39 is 11.7 Å². The number of benzene rings is 2. The van der Waals surface area contributed by atoms with Crippen molar-refractivity contribution in [3.05, 3.63) is 62.8 Å². The van der Waals surface area contributed by atoms with Crippen LogP contribution in [0.15, 0.2) is 40.9 Å². The molecule has 2 aromatic carbocycles. The SMILES string of the molecule is N#Cc1ccc(Cl)c(NC(=O)c2cccc(Br)c2F)c1. The largest absolute Gasteiger partial charge is 0.320 e. The molecule has 0 heterocycles. The van der Waals surface area contributed by atoms with Gasteiger partial charge in [-0.15, -0.1) is 0 Å². The molecule has 0 fully saturated rings. The molecule has 0 aliphatic rings. The van der Waals surface area contributed by atoms with E-state index >= 15 is 0 Å². The number of nitrogens with one attached hydrogen (secondary N) is 1. The minimum absolute atomic E-state index is 0.113. The van der Waals surface area contributed by atoms with Crippen LogP contribution in [0.2, 0.25) is 5.02 Å². The molecule has 6 heteroatoms. The van der Waals surface area contributed by atoms with Gasteiger partial charge in [-0.2, -0.15) is 5.26 Å². The smallest absolute Gasteiger partial charge is 0.258 e. The van der Waals surface area contributed by atoms with Gasteiger partial charge < -0.3 is 5.32 Å². The average Bonchev–Trinajstić information content (AvgIpc) is 2.44. The lowest BCUT2D eigenvalue weighted by Crippen LogP contribution is -2.14. The zero-order valence-corrected chi connectivity index (χ0v) is 12.3. The molecule has 3 nitrogen and oxygen atoms in total. The molecule has 0 aliphatic carbocycles. The van der Waals surface area contributed by atoms with E-state index in [1.807, 2.05) is 6.07 Å². The molecule has 2 rings (SSSR count). The number of halogens is 3. The third kappa shape index (κ3) is 2.98. The minimum Gasteiger partial charge on any atom is -0.320 e.